The van der Waals surface area contributed by atoms with Crippen molar-refractivity contribution < 1.29 is 9.90 Å². The Balaban J connectivity index is 1.43. The predicted molar refractivity (Wildman–Crippen MR) is 121 cm³/mol. The van der Waals surface area contributed by atoms with Gasteiger partial charge in [-0.1, -0.05) is 0 Å². The van der Waals surface area contributed by atoms with Gasteiger partial charge in [0, 0.05) is 30.1 Å². The van der Waals surface area contributed by atoms with E-state index in [0.717, 1.165) is 79.3 Å². The average Bonchev–Trinajstić information content (AvgIpc) is 3.40. The molecule has 2 aliphatic rings. The molecule has 0 aromatic carbocycles. The molecular formula is C24H30N6O2. The summed E-state index contributed by atoms with van der Waals surface area (Å²) in [6, 6.07) is 4.74. The number of aliphatic hydroxyl groups is 1. The topological polar surface area (TPSA) is 120 Å². The summed E-state index contributed by atoms with van der Waals surface area (Å²) in [4.78, 5) is 25.5. The van der Waals surface area contributed by atoms with Crippen LogP contribution >= 0.6 is 0 Å². The fraction of sp³-hybridized carbons (Fsp3) is 0.583. The molecule has 8 nitrogen and oxygen atoms in total. The number of hydrogen-bond donors (Lipinski definition) is 3. The Bertz CT molecular complexity index is 1140. The van der Waals surface area contributed by atoms with Crippen molar-refractivity contribution in [3.8, 4) is 6.07 Å². The van der Waals surface area contributed by atoms with Crippen molar-refractivity contribution in [1.29, 1.82) is 5.26 Å². The van der Waals surface area contributed by atoms with Crippen LogP contribution in [0.5, 0.6) is 0 Å². The number of pyridine rings is 1. The number of nitriles is 1. The van der Waals surface area contributed by atoms with Gasteiger partial charge in [-0.2, -0.15) is 5.26 Å². The number of aliphatic hydroxyl groups excluding tert-OH is 1. The van der Waals surface area contributed by atoms with Crippen LogP contribution in [0.4, 0.5) is 0 Å². The molecule has 3 aromatic rings. The van der Waals surface area contributed by atoms with Gasteiger partial charge in [0.25, 0.3) is 0 Å². The lowest BCUT2D eigenvalue weighted by atomic mass is 9.84. The molecule has 0 saturated heterocycles. The van der Waals surface area contributed by atoms with Gasteiger partial charge in [-0.3, -0.25) is 4.79 Å². The van der Waals surface area contributed by atoms with Crippen molar-refractivity contribution >= 4 is 28.0 Å². The van der Waals surface area contributed by atoms with Crippen LogP contribution in [0.25, 0.3) is 22.1 Å². The van der Waals surface area contributed by atoms with E-state index < -0.39 is 0 Å². The molecule has 2 saturated carbocycles. The number of amides is 1. The number of nitrogens with one attached hydrogen (secondary N) is 2. The molecule has 0 spiro atoms. The standard InChI is InChI=1S/C24H30N6O2/c25-11-9-15-1-5-17(6-2-15)30-21(13-22(32)28-16-3-7-18(31)8-4-16)29-20-14-27-24-19(23(20)30)10-12-26-24/h10,12,14-18,31H,1-9,13H2,(H,26,27)(H,28,32)/t15?,16-,17?,18+. The minimum Gasteiger partial charge on any atom is -0.393 e. The van der Waals surface area contributed by atoms with Gasteiger partial charge in [0.1, 0.15) is 17.0 Å². The molecule has 0 atom stereocenters. The number of aromatic nitrogens is 4. The SMILES string of the molecule is N#CCC1CCC(n2c(CC(=O)N[C@H]3CC[C@@H](O)CC3)nc3cnc4[nH]ccc4c32)CC1. The first-order valence-electron chi connectivity index (χ1n) is 11.8. The van der Waals surface area contributed by atoms with Gasteiger partial charge in [0.15, 0.2) is 0 Å². The molecule has 3 aromatic heterocycles. The molecule has 2 fully saturated rings. The van der Waals surface area contributed by atoms with Crippen LogP contribution in [-0.2, 0) is 11.2 Å². The summed E-state index contributed by atoms with van der Waals surface area (Å²) in [5.74, 6) is 1.24. The van der Waals surface area contributed by atoms with Gasteiger partial charge in [0.05, 0.1) is 30.3 Å². The second-order valence-corrected chi connectivity index (χ2v) is 9.42. The number of aromatic amines is 1. The molecule has 32 heavy (non-hydrogen) atoms. The Morgan fingerprint density at radius 1 is 1.22 bits per heavy atom. The Morgan fingerprint density at radius 2 is 2.00 bits per heavy atom. The molecule has 0 unspecified atom stereocenters. The molecule has 2 aliphatic carbocycles. The smallest absolute Gasteiger partial charge is 0.227 e. The number of imidazole rings is 1. The van der Waals surface area contributed by atoms with E-state index in [1.807, 2.05) is 12.3 Å². The van der Waals surface area contributed by atoms with Gasteiger partial charge in [-0.25, -0.2) is 9.97 Å². The summed E-state index contributed by atoms with van der Waals surface area (Å²) >= 11 is 0. The molecule has 1 amide bonds. The van der Waals surface area contributed by atoms with E-state index in [4.69, 9.17) is 10.2 Å². The number of carbonyl (C=O) groups excluding carboxylic acids is 1. The largest absolute Gasteiger partial charge is 0.393 e. The van der Waals surface area contributed by atoms with Crippen molar-refractivity contribution in [2.75, 3.05) is 0 Å². The van der Waals surface area contributed by atoms with Crippen LogP contribution in [-0.4, -0.2) is 42.7 Å². The Hall–Kier alpha value is -2.92. The van der Waals surface area contributed by atoms with E-state index in [-0.39, 0.29) is 30.5 Å². The maximum absolute atomic E-state index is 12.9. The maximum Gasteiger partial charge on any atom is 0.227 e. The Morgan fingerprint density at radius 3 is 2.75 bits per heavy atom. The van der Waals surface area contributed by atoms with Gasteiger partial charge >= 0.3 is 0 Å². The third-order valence-electron chi connectivity index (χ3n) is 7.25. The van der Waals surface area contributed by atoms with Crippen LogP contribution < -0.4 is 5.32 Å². The molecule has 8 heteroatoms. The maximum atomic E-state index is 12.9. The molecule has 0 bridgehead atoms. The van der Waals surface area contributed by atoms with E-state index >= 15 is 0 Å². The second-order valence-electron chi connectivity index (χ2n) is 9.42. The second kappa shape index (κ2) is 8.91. The monoisotopic (exact) mass is 434 g/mol. The zero-order valence-electron chi connectivity index (χ0n) is 18.3. The van der Waals surface area contributed by atoms with Crippen molar-refractivity contribution in [2.45, 2.75) is 82.4 Å². The van der Waals surface area contributed by atoms with Gasteiger partial charge in [-0.15, -0.1) is 0 Å². The third kappa shape index (κ3) is 4.09. The number of fused-ring (bicyclic) bond motifs is 3. The van der Waals surface area contributed by atoms with Gasteiger partial charge in [-0.05, 0) is 63.4 Å². The third-order valence-corrected chi connectivity index (χ3v) is 7.25. The summed E-state index contributed by atoms with van der Waals surface area (Å²) in [6.45, 7) is 0. The summed E-state index contributed by atoms with van der Waals surface area (Å²) < 4.78 is 2.28. The highest BCUT2D eigenvalue weighted by Gasteiger charge is 2.28. The number of hydrogen-bond acceptors (Lipinski definition) is 5. The fourth-order valence-corrected chi connectivity index (χ4v) is 5.54. The average molecular weight is 435 g/mol. The summed E-state index contributed by atoms with van der Waals surface area (Å²) in [7, 11) is 0. The summed E-state index contributed by atoms with van der Waals surface area (Å²) in [6.07, 6.45) is 11.4. The van der Waals surface area contributed by atoms with Crippen LogP contribution in [0.3, 0.4) is 0 Å². The number of rotatable bonds is 5. The van der Waals surface area contributed by atoms with Crippen molar-refractivity contribution in [3.05, 3.63) is 24.3 Å². The highest BCUT2D eigenvalue weighted by atomic mass is 16.3. The first kappa shape index (κ1) is 21.0. The van der Waals surface area contributed by atoms with Crippen molar-refractivity contribution in [3.63, 3.8) is 0 Å². The van der Waals surface area contributed by atoms with Gasteiger partial charge < -0.3 is 20.0 Å². The zero-order chi connectivity index (χ0) is 22.1. The lowest BCUT2D eigenvalue weighted by molar-refractivity contribution is -0.121. The lowest BCUT2D eigenvalue weighted by Gasteiger charge is -2.30. The molecule has 0 aliphatic heterocycles. The first-order chi connectivity index (χ1) is 15.6. The highest BCUT2D eigenvalue weighted by Crippen LogP contribution is 2.38. The van der Waals surface area contributed by atoms with Crippen LogP contribution in [0.2, 0.25) is 0 Å². The predicted octanol–water partition coefficient (Wildman–Crippen LogP) is 3.52. The van der Waals surface area contributed by atoms with E-state index in [1.54, 1.807) is 6.20 Å². The molecule has 3 N–H and O–H groups in total. The molecule has 168 valence electrons. The van der Waals surface area contributed by atoms with Crippen molar-refractivity contribution in [2.24, 2.45) is 5.92 Å². The van der Waals surface area contributed by atoms with Crippen LogP contribution in [0, 0.1) is 17.2 Å². The quantitative estimate of drug-likeness (QED) is 0.567. The molecule has 0 radical (unpaired) electrons. The normalized spacial score (nSPS) is 26.2. The minimum atomic E-state index is -0.236. The summed E-state index contributed by atoms with van der Waals surface area (Å²) in [5.41, 5.74) is 2.69. The Kier molecular flexibility index (Phi) is 5.83. The minimum absolute atomic E-state index is 0.0145. The van der Waals surface area contributed by atoms with E-state index in [0.29, 0.717) is 12.3 Å². The fourth-order valence-electron chi connectivity index (χ4n) is 5.54. The molecular weight excluding hydrogens is 404 g/mol. The zero-order valence-corrected chi connectivity index (χ0v) is 18.3. The lowest BCUT2D eigenvalue weighted by Crippen LogP contribution is -2.39. The molecule has 5 rings (SSSR count). The van der Waals surface area contributed by atoms with E-state index in [2.05, 4.69) is 25.9 Å². The van der Waals surface area contributed by atoms with Gasteiger partial charge in [0.2, 0.25) is 5.91 Å². The first-order valence-corrected chi connectivity index (χ1v) is 11.8. The van der Waals surface area contributed by atoms with E-state index in [1.165, 1.54) is 0 Å². The van der Waals surface area contributed by atoms with E-state index in [9.17, 15) is 9.90 Å². The van der Waals surface area contributed by atoms with Crippen molar-refractivity contribution in [1.82, 2.24) is 24.8 Å². The summed E-state index contributed by atoms with van der Waals surface area (Å²) in [5, 5.41) is 23.0. The Labute approximate surface area is 187 Å². The number of H-pyrrole nitrogens is 1. The number of carbonyl (C=O) groups is 1. The number of nitrogens with zero attached hydrogens (tertiary/aromatic N) is 4. The highest BCUT2D eigenvalue weighted by molar-refractivity contribution is 6.01. The van der Waals surface area contributed by atoms with Crippen LogP contribution in [0.1, 0.15) is 69.7 Å². The molecule has 3 heterocycles. The van der Waals surface area contributed by atoms with Crippen LogP contribution in [0.15, 0.2) is 18.5 Å².